The quantitative estimate of drug-likeness (QED) is 0.839. The summed E-state index contributed by atoms with van der Waals surface area (Å²) in [6, 6.07) is 0.448. The Kier molecular flexibility index (Phi) is 3.77. The number of hydrogen-bond donors (Lipinski definition) is 1. The van der Waals surface area contributed by atoms with Crippen LogP contribution in [0.2, 0.25) is 0 Å². The molecule has 2 rings (SSSR count). The molecule has 0 aliphatic heterocycles. The van der Waals surface area contributed by atoms with Gasteiger partial charge in [-0.15, -0.1) is 0 Å². The molecule has 0 amide bonds. The monoisotopic (exact) mass is 313 g/mol. The van der Waals surface area contributed by atoms with E-state index in [0.717, 1.165) is 16.0 Å². The van der Waals surface area contributed by atoms with Crippen molar-refractivity contribution >= 4 is 21.7 Å². The molecule has 4 heteroatoms. The Bertz CT molecular complexity index is 431. The molecule has 102 valence electrons. The first-order chi connectivity index (χ1) is 8.32. The zero-order valence-corrected chi connectivity index (χ0v) is 13.4. The maximum atomic E-state index is 6.19. The molecule has 18 heavy (non-hydrogen) atoms. The zero-order valence-electron chi connectivity index (χ0n) is 11.8. The molecule has 2 N–H and O–H groups in total. The van der Waals surface area contributed by atoms with E-state index in [-0.39, 0.29) is 0 Å². The van der Waals surface area contributed by atoms with Crippen LogP contribution in [0.4, 0.5) is 5.82 Å². The van der Waals surface area contributed by atoms with Gasteiger partial charge in [0.2, 0.25) is 0 Å². The summed E-state index contributed by atoms with van der Waals surface area (Å²) in [5.41, 5.74) is 7.49. The van der Waals surface area contributed by atoms with E-state index in [9.17, 15) is 0 Å². The van der Waals surface area contributed by atoms with Gasteiger partial charge >= 0.3 is 0 Å². The Morgan fingerprint density at radius 2 is 1.89 bits per heavy atom. The Labute approximate surface area is 118 Å². The number of hydrogen-bond acceptors (Lipinski definition) is 2. The number of aromatic nitrogens is 2. The van der Waals surface area contributed by atoms with Crippen molar-refractivity contribution in [3.8, 4) is 0 Å². The van der Waals surface area contributed by atoms with Crippen LogP contribution in [0.1, 0.15) is 58.2 Å². The number of halogens is 1. The third-order valence-corrected chi connectivity index (χ3v) is 5.18. The fraction of sp³-hybridized carbons (Fsp3) is 0.786. The van der Waals surface area contributed by atoms with Gasteiger partial charge in [0.1, 0.15) is 5.82 Å². The first-order valence-corrected chi connectivity index (χ1v) is 7.61. The number of anilines is 1. The number of aryl methyl sites for hydroxylation is 1. The van der Waals surface area contributed by atoms with Crippen molar-refractivity contribution in [2.24, 2.45) is 11.3 Å². The first-order valence-electron chi connectivity index (χ1n) is 6.82. The normalized spacial score (nSPS) is 25.4. The van der Waals surface area contributed by atoms with E-state index in [1.54, 1.807) is 0 Å². The molecule has 0 bridgehead atoms. The Morgan fingerprint density at radius 1 is 1.28 bits per heavy atom. The lowest BCUT2D eigenvalue weighted by atomic mass is 9.69. The van der Waals surface area contributed by atoms with Crippen molar-refractivity contribution in [1.29, 1.82) is 0 Å². The van der Waals surface area contributed by atoms with Gasteiger partial charge in [0, 0.05) is 0 Å². The summed E-state index contributed by atoms with van der Waals surface area (Å²) in [6.07, 6.45) is 5.09. The first kappa shape index (κ1) is 13.9. The van der Waals surface area contributed by atoms with E-state index in [0.29, 0.717) is 17.4 Å². The summed E-state index contributed by atoms with van der Waals surface area (Å²) < 4.78 is 3.02. The van der Waals surface area contributed by atoms with Gasteiger partial charge in [-0.25, -0.2) is 4.68 Å². The third kappa shape index (κ3) is 2.44. The summed E-state index contributed by atoms with van der Waals surface area (Å²) in [4.78, 5) is 0. The largest absolute Gasteiger partial charge is 0.383 e. The highest BCUT2D eigenvalue weighted by molar-refractivity contribution is 9.10. The molecule has 1 aliphatic carbocycles. The molecule has 2 unspecified atom stereocenters. The average molecular weight is 314 g/mol. The molecule has 1 aliphatic rings. The molecule has 3 nitrogen and oxygen atoms in total. The maximum Gasteiger partial charge on any atom is 0.136 e. The minimum absolute atomic E-state index is 0.309. The molecule has 1 saturated carbocycles. The SMILES string of the molecule is Cc1nn(C2CCCCC2C(C)(C)C)c(N)c1Br. The lowest BCUT2D eigenvalue weighted by Gasteiger charge is -2.40. The molecule has 1 fully saturated rings. The molecule has 1 aromatic rings. The van der Waals surface area contributed by atoms with Crippen molar-refractivity contribution in [1.82, 2.24) is 9.78 Å². The van der Waals surface area contributed by atoms with Gasteiger partial charge < -0.3 is 5.73 Å². The van der Waals surface area contributed by atoms with Crippen LogP contribution in [0.15, 0.2) is 4.47 Å². The van der Waals surface area contributed by atoms with Gasteiger partial charge in [-0.3, -0.25) is 0 Å². The highest BCUT2D eigenvalue weighted by atomic mass is 79.9. The van der Waals surface area contributed by atoms with E-state index < -0.39 is 0 Å². The van der Waals surface area contributed by atoms with Crippen molar-refractivity contribution in [2.75, 3.05) is 5.73 Å². The van der Waals surface area contributed by atoms with Crippen LogP contribution in [-0.2, 0) is 0 Å². The van der Waals surface area contributed by atoms with Crippen molar-refractivity contribution in [3.63, 3.8) is 0 Å². The van der Waals surface area contributed by atoms with Gasteiger partial charge in [0.05, 0.1) is 16.2 Å². The van der Waals surface area contributed by atoms with Crippen LogP contribution in [0, 0.1) is 18.3 Å². The minimum atomic E-state index is 0.309. The van der Waals surface area contributed by atoms with Crippen molar-refractivity contribution in [2.45, 2.75) is 59.4 Å². The van der Waals surface area contributed by atoms with Gasteiger partial charge in [-0.1, -0.05) is 33.6 Å². The molecular weight excluding hydrogens is 290 g/mol. The van der Waals surface area contributed by atoms with E-state index in [2.05, 4.69) is 46.5 Å². The number of nitrogen functional groups attached to an aromatic ring is 1. The van der Waals surface area contributed by atoms with Crippen LogP contribution in [0.25, 0.3) is 0 Å². The number of rotatable bonds is 1. The second-order valence-electron chi connectivity index (χ2n) is 6.55. The highest BCUT2D eigenvalue weighted by Crippen LogP contribution is 2.45. The molecular formula is C14H24BrN3. The van der Waals surface area contributed by atoms with Crippen molar-refractivity contribution in [3.05, 3.63) is 10.2 Å². The fourth-order valence-electron chi connectivity index (χ4n) is 3.21. The summed E-state index contributed by atoms with van der Waals surface area (Å²) in [5, 5.41) is 4.64. The van der Waals surface area contributed by atoms with E-state index >= 15 is 0 Å². The average Bonchev–Trinajstić information content (AvgIpc) is 2.56. The summed E-state index contributed by atoms with van der Waals surface area (Å²) in [5.74, 6) is 1.44. The summed E-state index contributed by atoms with van der Waals surface area (Å²) >= 11 is 3.53. The summed E-state index contributed by atoms with van der Waals surface area (Å²) in [6.45, 7) is 9.00. The molecule has 2 atom stereocenters. The van der Waals surface area contributed by atoms with Crippen LogP contribution in [-0.4, -0.2) is 9.78 Å². The van der Waals surface area contributed by atoms with Gasteiger partial charge in [-0.2, -0.15) is 5.10 Å². The number of nitrogens with zero attached hydrogens (tertiary/aromatic N) is 2. The van der Waals surface area contributed by atoms with Crippen LogP contribution in [0.5, 0.6) is 0 Å². The smallest absolute Gasteiger partial charge is 0.136 e. The predicted molar refractivity (Wildman–Crippen MR) is 79.5 cm³/mol. The lowest BCUT2D eigenvalue weighted by Crippen LogP contribution is -2.34. The summed E-state index contributed by atoms with van der Waals surface area (Å²) in [7, 11) is 0. The van der Waals surface area contributed by atoms with E-state index in [1.165, 1.54) is 25.7 Å². The van der Waals surface area contributed by atoms with Crippen LogP contribution >= 0.6 is 15.9 Å². The topological polar surface area (TPSA) is 43.8 Å². The third-order valence-electron chi connectivity index (χ3n) is 4.20. The maximum absolute atomic E-state index is 6.19. The minimum Gasteiger partial charge on any atom is -0.383 e. The Morgan fingerprint density at radius 3 is 2.39 bits per heavy atom. The van der Waals surface area contributed by atoms with E-state index in [4.69, 9.17) is 5.73 Å². The Balaban J connectivity index is 2.37. The molecule has 0 spiro atoms. The van der Waals surface area contributed by atoms with E-state index in [1.807, 2.05) is 6.92 Å². The second-order valence-corrected chi connectivity index (χ2v) is 7.35. The Hall–Kier alpha value is -0.510. The fourth-order valence-corrected chi connectivity index (χ4v) is 3.47. The molecule has 0 aromatic carbocycles. The molecule has 0 radical (unpaired) electrons. The predicted octanol–water partition coefficient (Wildman–Crippen LogP) is 4.31. The zero-order chi connectivity index (χ0) is 13.5. The number of nitrogens with two attached hydrogens (primary N) is 1. The molecule has 0 saturated heterocycles. The lowest BCUT2D eigenvalue weighted by molar-refractivity contribution is 0.106. The molecule has 1 heterocycles. The van der Waals surface area contributed by atoms with Gasteiger partial charge in [-0.05, 0) is 47.0 Å². The highest BCUT2D eigenvalue weighted by Gasteiger charge is 2.36. The standard InChI is InChI=1S/C14H24BrN3/c1-9-12(15)13(16)18(17-9)11-8-6-5-7-10(11)14(2,3)4/h10-11H,5-8,16H2,1-4H3. The molecule has 1 aromatic heterocycles. The van der Waals surface area contributed by atoms with Crippen molar-refractivity contribution < 1.29 is 0 Å². The second kappa shape index (κ2) is 4.87. The van der Waals surface area contributed by atoms with Crippen LogP contribution in [0.3, 0.4) is 0 Å². The van der Waals surface area contributed by atoms with Gasteiger partial charge in [0.25, 0.3) is 0 Å². The van der Waals surface area contributed by atoms with Crippen LogP contribution < -0.4 is 5.73 Å². The van der Waals surface area contributed by atoms with Gasteiger partial charge in [0.15, 0.2) is 0 Å².